The summed E-state index contributed by atoms with van der Waals surface area (Å²) in [6.45, 7) is 2.18. The third kappa shape index (κ3) is 3.44. The highest BCUT2D eigenvalue weighted by Crippen LogP contribution is 2.37. The summed E-state index contributed by atoms with van der Waals surface area (Å²) < 4.78 is 82.8. The van der Waals surface area contributed by atoms with Crippen molar-refractivity contribution >= 4 is 15.8 Å². The average molecular weight is 426 g/mol. The lowest BCUT2D eigenvalue weighted by Crippen LogP contribution is -2.29. The Bertz CT molecular complexity index is 1210. The third-order valence-electron chi connectivity index (χ3n) is 4.30. The summed E-state index contributed by atoms with van der Waals surface area (Å²) in [7, 11) is -4.30. The lowest BCUT2D eigenvalue weighted by molar-refractivity contribution is 0.00622. The molecule has 29 heavy (non-hydrogen) atoms. The summed E-state index contributed by atoms with van der Waals surface area (Å²) in [6, 6.07) is 8.61. The normalized spacial score (nSPS) is 12.2. The fourth-order valence-corrected chi connectivity index (χ4v) is 4.34. The van der Waals surface area contributed by atoms with Crippen LogP contribution in [-0.4, -0.2) is 23.4 Å². The molecule has 0 radical (unpaired) electrons. The summed E-state index contributed by atoms with van der Waals surface area (Å²) >= 11 is 0. The van der Waals surface area contributed by atoms with Gasteiger partial charge in [0.05, 0.1) is 27.4 Å². The highest BCUT2D eigenvalue weighted by atomic mass is 32.2. The molecule has 0 saturated carbocycles. The molecule has 0 unspecified atom stereocenters. The van der Waals surface area contributed by atoms with Crippen LogP contribution in [0.5, 0.6) is 0 Å². The topological polar surface area (TPSA) is 69.0 Å². The van der Waals surface area contributed by atoms with Gasteiger partial charge in [0, 0.05) is 6.07 Å². The van der Waals surface area contributed by atoms with E-state index in [9.17, 15) is 30.8 Å². The maximum absolute atomic E-state index is 15.0. The van der Waals surface area contributed by atoms with Crippen molar-refractivity contribution in [1.82, 2.24) is 9.19 Å². The first-order valence-electron chi connectivity index (χ1n) is 8.23. The predicted molar refractivity (Wildman–Crippen MR) is 95.3 cm³/mol. The molecule has 0 aliphatic carbocycles. The summed E-state index contributed by atoms with van der Waals surface area (Å²) in [5, 5.41) is 3.68. The first kappa shape index (κ1) is 20.7. The van der Waals surface area contributed by atoms with Gasteiger partial charge in [-0.1, -0.05) is 18.2 Å². The lowest BCUT2D eigenvalue weighted by atomic mass is 9.97. The molecule has 0 aliphatic rings. The van der Waals surface area contributed by atoms with E-state index < -0.39 is 55.9 Å². The van der Waals surface area contributed by atoms with E-state index in [0.717, 1.165) is 13.8 Å². The minimum absolute atomic E-state index is 0.184. The molecule has 0 spiro atoms. The number of carbonyl (C=O) groups is 1. The first-order chi connectivity index (χ1) is 13.5. The Kier molecular flexibility index (Phi) is 5.08. The van der Waals surface area contributed by atoms with Crippen LogP contribution in [0.2, 0.25) is 0 Å². The number of hydrogen-bond donors (Lipinski definition) is 0. The molecule has 0 atom stereocenters. The Hall–Kier alpha value is -3.01. The molecule has 2 aromatic carbocycles. The Morgan fingerprint density at radius 1 is 1.03 bits per heavy atom. The van der Waals surface area contributed by atoms with Gasteiger partial charge in [-0.3, -0.25) is 4.79 Å². The Labute approximate surface area is 163 Å². The number of nitrogens with zero attached hydrogens (tertiary/aromatic N) is 2. The SMILES string of the molecule is Cc1nn(S(=O)(=O)c2ccccc2)c(C)c1C(F)(F)C(=O)c1ccc(F)cc1F. The Morgan fingerprint density at radius 2 is 1.66 bits per heavy atom. The zero-order valence-corrected chi connectivity index (χ0v) is 16.0. The number of aromatic nitrogens is 2. The summed E-state index contributed by atoms with van der Waals surface area (Å²) in [6.07, 6.45) is 0. The van der Waals surface area contributed by atoms with E-state index in [1.54, 1.807) is 6.07 Å². The van der Waals surface area contributed by atoms with Gasteiger partial charge in [0.25, 0.3) is 10.0 Å². The van der Waals surface area contributed by atoms with Crippen molar-refractivity contribution in [2.75, 3.05) is 0 Å². The van der Waals surface area contributed by atoms with Gasteiger partial charge in [0.1, 0.15) is 11.6 Å². The van der Waals surface area contributed by atoms with Crippen LogP contribution in [0.15, 0.2) is 53.4 Å². The second kappa shape index (κ2) is 7.11. The fraction of sp³-hybridized carbons (Fsp3) is 0.158. The van der Waals surface area contributed by atoms with Crippen molar-refractivity contribution in [3.8, 4) is 0 Å². The largest absolute Gasteiger partial charge is 0.338 e. The molecule has 3 rings (SSSR count). The molecule has 0 amide bonds. The van der Waals surface area contributed by atoms with Gasteiger partial charge in [-0.15, -0.1) is 0 Å². The van der Waals surface area contributed by atoms with Crippen LogP contribution in [0, 0.1) is 25.5 Å². The summed E-state index contributed by atoms with van der Waals surface area (Å²) in [5.41, 5.74) is -2.88. The molecule has 3 aromatic rings. The minimum Gasteiger partial charge on any atom is -0.287 e. The van der Waals surface area contributed by atoms with E-state index in [-0.39, 0.29) is 4.90 Å². The number of carbonyl (C=O) groups excluding carboxylic acids is 1. The van der Waals surface area contributed by atoms with Crippen LogP contribution >= 0.6 is 0 Å². The zero-order valence-electron chi connectivity index (χ0n) is 15.2. The Morgan fingerprint density at radius 3 is 2.24 bits per heavy atom. The quantitative estimate of drug-likeness (QED) is 0.457. The van der Waals surface area contributed by atoms with Gasteiger partial charge in [-0.2, -0.15) is 26.4 Å². The number of halogens is 4. The molecule has 0 N–H and O–H groups in total. The number of hydrogen-bond acceptors (Lipinski definition) is 4. The smallest absolute Gasteiger partial charge is 0.287 e. The molecule has 152 valence electrons. The number of Topliss-reactive ketones (excluding diaryl/α,β-unsaturated/α-hetero) is 1. The second-order valence-electron chi connectivity index (χ2n) is 6.23. The van der Waals surface area contributed by atoms with Crippen LogP contribution in [0.4, 0.5) is 17.6 Å². The van der Waals surface area contributed by atoms with Crippen molar-refractivity contribution in [2.24, 2.45) is 0 Å². The minimum atomic E-state index is -4.30. The summed E-state index contributed by atoms with van der Waals surface area (Å²) in [4.78, 5) is 12.1. The van der Waals surface area contributed by atoms with E-state index in [1.807, 2.05) is 0 Å². The zero-order chi connectivity index (χ0) is 21.6. The van der Waals surface area contributed by atoms with Crippen LogP contribution in [0.1, 0.15) is 27.3 Å². The monoisotopic (exact) mass is 426 g/mol. The van der Waals surface area contributed by atoms with Crippen molar-refractivity contribution in [3.63, 3.8) is 0 Å². The molecule has 0 bridgehead atoms. The highest BCUT2D eigenvalue weighted by Gasteiger charge is 2.47. The molecule has 0 aliphatic heterocycles. The van der Waals surface area contributed by atoms with E-state index in [2.05, 4.69) is 5.10 Å². The van der Waals surface area contributed by atoms with Gasteiger partial charge in [0.15, 0.2) is 0 Å². The molecule has 1 heterocycles. The lowest BCUT2D eigenvalue weighted by Gasteiger charge is -2.16. The van der Waals surface area contributed by atoms with Crippen LogP contribution in [-0.2, 0) is 15.9 Å². The van der Waals surface area contributed by atoms with Gasteiger partial charge in [-0.25, -0.2) is 8.78 Å². The maximum atomic E-state index is 15.0. The number of rotatable bonds is 5. The third-order valence-corrected chi connectivity index (χ3v) is 5.97. The van der Waals surface area contributed by atoms with Crippen molar-refractivity contribution in [2.45, 2.75) is 24.7 Å². The molecule has 10 heteroatoms. The van der Waals surface area contributed by atoms with Gasteiger partial charge in [0.2, 0.25) is 5.78 Å². The number of ketones is 1. The van der Waals surface area contributed by atoms with E-state index in [4.69, 9.17) is 0 Å². The fourth-order valence-electron chi connectivity index (χ4n) is 2.96. The van der Waals surface area contributed by atoms with Gasteiger partial charge >= 0.3 is 5.92 Å². The van der Waals surface area contributed by atoms with Crippen molar-refractivity contribution < 1.29 is 30.8 Å². The summed E-state index contributed by atoms with van der Waals surface area (Å²) in [5.74, 6) is -8.71. The van der Waals surface area contributed by atoms with E-state index >= 15 is 0 Å². The average Bonchev–Trinajstić information content (AvgIpc) is 2.97. The molecule has 1 aromatic heterocycles. The first-order valence-corrected chi connectivity index (χ1v) is 9.67. The number of aryl methyl sites for hydroxylation is 1. The standard InChI is InChI=1S/C19H14F4N2O3S/c1-11-17(19(22,23)18(26)15-9-8-13(20)10-16(15)21)12(2)25(24-11)29(27,28)14-6-4-3-5-7-14/h3-10H,1-2H3. The Balaban J connectivity index is 2.13. The molecule has 5 nitrogen and oxygen atoms in total. The molecular weight excluding hydrogens is 412 g/mol. The number of benzene rings is 2. The van der Waals surface area contributed by atoms with Crippen LogP contribution in [0.3, 0.4) is 0 Å². The molecule has 0 fully saturated rings. The predicted octanol–water partition coefficient (Wildman–Crippen LogP) is 3.99. The molecule has 0 saturated heterocycles. The van der Waals surface area contributed by atoms with Crippen LogP contribution in [0.25, 0.3) is 0 Å². The number of alkyl halides is 2. The van der Waals surface area contributed by atoms with E-state index in [0.29, 0.717) is 22.3 Å². The molecular formula is C19H14F4N2O3S. The van der Waals surface area contributed by atoms with Crippen molar-refractivity contribution in [1.29, 1.82) is 0 Å². The van der Waals surface area contributed by atoms with Gasteiger partial charge < -0.3 is 0 Å². The second-order valence-corrected chi connectivity index (χ2v) is 8.00. The highest BCUT2D eigenvalue weighted by molar-refractivity contribution is 7.89. The van der Waals surface area contributed by atoms with Crippen molar-refractivity contribution in [3.05, 3.63) is 82.7 Å². The maximum Gasteiger partial charge on any atom is 0.338 e. The van der Waals surface area contributed by atoms with Gasteiger partial charge in [-0.05, 0) is 38.1 Å². The van der Waals surface area contributed by atoms with E-state index in [1.165, 1.54) is 24.3 Å². The van der Waals surface area contributed by atoms with Crippen LogP contribution < -0.4 is 0 Å².